The van der Waals surface area contributed by atoms with Gasteiger partial charge in [0.25, 0.3) is 0 Å². The molecule has 7 nitrogen and oxygen atoms in total. The number of piperazine rings is 1. The van der Waals surface area contributed by atoms with Crippen molar-refractivity contribution >= 4 is 17.6 Å². The topological polar surface area (TPSA) is 98.7 Å². The Morgan fingerprint density at radius 1 is 1.40 bits per heavy atom. The fourth-order valence-electron chi connectivity index (χ4n) is 2.56. The molecule has 0 aromatic carbocycles. The van der Waals surface area contributed by atoms with Gasteiger partial charge in [0, 0.05) is 32.6 Å². The number of piperidine rings is 1. The van der Waals surface area contributed by atoms with E-state index >= 15 is 0 Å². The van der Waals surface area contributed by atoms with Crippen LogP contribution in [0.3, 0.4) is 0 Å². The first-order valence-electron chi connectivity index (χ1n) is 6.61. The Hall–Kier alpha value is -1.38. The van der Waals surface area contributed by atoms with E-state index in [0.717, 1.165) is 0 Å². The Labute approximate surface area is 115 Å². The van der Waals surface area contributed by atoms with Gasteiger partial charge in [-0.15, -0.1) is 0 Å². The number of imide groups is 1. The van der Waals surface area contributed by atoms with Crippen molar-refractivity contribution in [1.82, 2.24) is 15.5 Å². The molecule has 2 rings (SSSR count). The average Bonchev–Trinajstić information content (AvgIpc) is 2.46. The second-order valence-electron chi connectivity index (χ2n) is 5.06. The van der Waals surface area contributed by atoms with Gasteiger partial charge in [0.1, 0.15) is 12.6 Å². The Morgan fingerprint density at radius 3 is 2.60 bits per heavy atom. The number of aliphatic hydroxyl groups is 1. The predicted octanol–water partition coefficient (Wildman–Crippen LogP) is -1.83. The maximum absolute atomic E-state index is 13.3. The van der Waals surface area contributed by atoms with Gasteiger partial charge in [-0.3, -0.25) is 24.6 Å². The largest absolute Gasteiger partial charge is 0.367 e. The van der Waals surface area contributed by atoms with E-state index in [0.29, 0.717) is 26.2 Å². The number of ketones is 1. The lowest BCUT2D eigenvalue weighted by molar-refractivity contribution is -0.174. The second kappa shape index (κ2) is 5.94. The van der Waals surface area contributed by atoms with Crippen LogP contribution in [0.2, 0.25) is 0 Å². The lowest BCUT2D eigenvalue weighted by atomic mass is 9.87. The molecule has 2 saturated heterocycles. The Morgan fingerprint density at radius 2 is 2.05 bits per heavy atom. The molecule has 0 aromatic rings. The maximum Gasteiger partial charge on any atom is 0.237 e. The fraction of sp³-hybridized carbons (Fsp3) is 0.750. The highest BCUT2D eigenvalue weighted by molar-refractivity contribution is 6.11. The smallest absolute Gasteiger partial charge is 0.237 e. The third-order valence-corrected chi connectivity index (χ3v) is 3.78. The minimum absolute atomic E-state index is 0.0118. The van der Waals surface area contributed by atoms with Crippen LogP contribution < -0.4 is 10.6 Å². The number of nitrogens with zero attached hydrogens (tertiary/aromatic N) is 1. The van der Waals surface area contributed by atoms with Crippen molar-refractivity contribution in [3.05, 3.63) is 0 Å². The van der Waals surface area contributed by atoms with Crippen LogP contribution in [0.1, 0.15) is 12.8 Å². The molecule has 0 aromatic heterocycles. The zero-order valence-corrected chi connectivity index (χ0v) is 11.0. The van der Waals surface area contributed by atoms with Crippen LogP contribution >= 0.6 is 0 Å². The lowest BCUT2D eigenvalue weighted by Crippen LogP contribution is -2.64. The van der Waals surface area contributed by atoms with Crippen molar-refractivity contribution in [1.29, 1.82) is 0 Å². The number of Topliss-reactive ketones (excluding diaryl/α,β-unsaturated/α-hetero) is 1. The van der Waals surface area contributed by atoms with Gasteiger partial charge in [-0.1, -0.05) is 0 Å². The van der Waals surface area contributed by atoms with Crippen molar-refractivity contribution in [2.75, 3.05) is 32.9 Å². The molecule has 8 heteroatoms. The number of amides is 2. The SMILES string of the molecule is O=C1CCC(C(=O)C(O)(CF)N2CCNCC2)C(=O)N1. The summed E-state index contributed by atoms with van der Waals surface area (Å²) >= 11 is 0. The van der Waals surface area contributed by atoms with Gasteiger partial charge in [0.15, 0.2) is 5.78 Å². The highest BCUT2D eigenvalue weighted by Crippen LogP contribution is 2.24. The number of hydrogen-bond acceptors (Lipinski definition) is 6. The maximum atomic E-state index is 13.3. The van der Waals surface area contributed by atoms with Crippen molar-refractivity contribution in [2.24, 2.45) is 5.92 Å². The third kappa shape index (κ3) is 2.72. The summed E-state index contributed by atoms with van der Waals surface area (Å²) in [5, 5.41) is 15.4. The summed E-state index contributed by atoms with van der Waals surface area (Å²) in [6, 6.07) is 0. The number of alkyl halides is 1. The minimum atomic E-state index is -2.29. The van der Waals surface area contributed by atoms with Gasteiger partial charge in [0.05, 0.1) is 0 Å². The van der Waals surface area contributed by atoms with Gasteiger partial charge in [0.2, 0.25) is 17.5 Å². The Balaban J connectivity index is 2.15. The van der Waals surface area contributed by atoms with Crippen LogP contribution in [0, 0.1) is 5.92 Å². The number of hydrogen-bond donors (Lipinski definition) is 3. The summed E-state index contributed by atoms with van der Waals surface area (Å²) in [4.78, 5) is 36.4. The van der Waals surface area contributed by atoms with Crippen LogP contribution in [0.5, 0.6) is 0 Å². The van der Waals surface area contributed by atoms with E-state index in [4.69, 9.17) is 0 Å². The molecule has 0 saturated carbocycles. The third-order valence-electron chi connectivity index (χ3n) is 3.78. The number of nitrogens with one attached hydrogen (secondary N) is 2. The number of carbonyl (C=O) groups excluding carboxylic acids is 3. The average molecular weight is 287 g/mol. The van der Waals surface area contributed by atoms with Crippen LogP contribution in [-0.4, -0.2) is 66.2 Å². The fourth-order valence-corrected chi connectivity index (χ4v) is 2.56. The molecule has 0 bridgehead atoms. The predicted molar refractivity (Wildman–Crippen MR) is 66.2 cm³/mol. The number of carbonyl (C=O) groups is 3. The van der Waals surface area contributed by atoms with E-state index in [1.54, 1.807) is 0 Å². The summed E-state index contributed by atoms with van der Waals surface area (Å²) in [6.07, 6.45) is 0.0317. The van der Waals surface area contributed by atoms with Crippen LogP contribution in [0.25, 0.3) is 0 Å². The molecule has 2 atom stereocenters. The van der Waals surface area contributed by atoms with Gasteiger partial charge >= 0.3 is 0 Å². The second-order valence-corrected chi connectivity index (χ2v) is 5.06. The monoisotopic (exact) mass is 287 g/mol. The van der Waals surface area contributed by atoms with E-state index in [9.17, 15) is 23.9 Å². The molecular weight excluding hydrogens is 269 g/mol. The van der Waals surface area contributed by atoms with Crippen LogP contribution in [0.4, 0.5) is 4.39 Å². The summed E-state index contributed by atoms with van der Waals surface area (Å²) in [5.74, 6) is -3.26. The van der Waals surface area contributed by atoms with Gasteiger partial charge in [-0.25, -0.2) is 4.39 Å². The van der Waals surface area contributed by atoms with Gasteiger partial charge in [-0.05, 0) is 6.42 Å². The van der Waals surface area contributed by atoms with E-state index in [-0.39, 0.29) is 12.8 Å². The van der Waals surface area contributed by atoms with Gasteiger partial charge in [-0.2, -0.15) is 0 Å². The summed E-state index contributed by atoms with van der Waals surface area (Å²) in [7, 11) is 0. The van der Waals surface area contributed by atoms with Crippen molar-refractivity contribution in [3.63, 3.8) is 0 Å². The molecule has 2 amide bonds. The van der Waals surface area contributed by atoms with Crippen LogP contribution in [-0.2, 0) is 14.4 Å². The lowest BCUT2D eigenvalue weighted by Gasteiger charge is -2.40. The summed E-state index contributed by atoms with van der Waals surface area (Å²) < 4.78 is 13.3. The molecule has 0 radical (unpaired) electrons. The first-order valence-corrected chi connectivity index (χ1v) is 6.61. The van der Waals surface area contributed by atoms with Gasteiger partial charge < -0.3 is 10.4 Å². The van der Waals surface area contributed by atoms with E-state index in [1.165, 1.54) is 4.90 Å². The highest BCUT2D eigenvalue weighted by Gasteiger charge is 2.48. The Bertz CT molecular complexity index is 425. The molecule has 0 spiro atoms. The molecule has 2 fully saturated rings. The molecule has 2 aliphatic heterocycles. The first kappa shape index (κ1) is 15.0. The molecule has 2 heterocycles. The van der Waals surface area contributed by atoms with Crippen molar-refractivity contribution in [2.45, 2.75) is 18.6 Å². The Kier molecular flexibility index (Phi) is 4.46. The van der Waals surface area contributed by atoms with E-state index < -0.39 is 35.9 Å². The van der Waals surface area contributed by atoms with Crippen molar-refractivity contribution < 1.29 is 23.9 Å². The molecule has 0 aliphatic carbocycles. The standard InChI is InChI=1S/C12H18FN3O4/c13-7-12(20,16-5-3-14-4-6-16)10(18)8-1-2-9(17)15-11(8)19/h8,14,20H,1-7H2,(H,15,17,19). The van der Waals surface area contributed by atoms with Crippen LogP contribution in [0.15, 0.2) is 0 Å². The quantitative estimate of drug-likeness (QED) is 0.416. The summed E-state index contributed by atoms with van der Waals surface area (Å²) in [5.41, 5.74) is -2.29. The zero-order valence-electron chi connectivity index (χ0n) is 11.0. The minimum Gasteiger partial charge on any atom is -0.367 e. The highest BCUT2D eigenvalue weighted by atomic mass is 19.1. The number of halogens is 1. The normalized spacial score (nSPS) is 27.8. The van der Waals surface area contributed by atoms with Crippen molar-refractivity contribution in [3.8, 4) is 0 Å². The molecule has 3 N–H and O–H groups in total. The molecule has 2 unspecified atom stereocenters. The zero-order chi connectivity index (χ0) is 14.8. The van der Waals surface area contributed by atoms with E-state index in [1.807, 2.05) is 5.32 Å². The molecule has 2 aliphatic rings. The molecular formula is C12H18FN3O4. The summed E-state index contributed by atoms with van der Waals surface area (Å²) in [6.45, 7) is 0.429. The molecule has 20 heavy (non-hydrogen) atoms. The van der Waals surface area contributed by atoms with E-state index in [2.05, 4.69) is 5.32 Å². The number of rotatable bonds is 4. The first-order chi connectivity index (χ1) is 9.49. The molecule has 112 valence electrons.